The van der Waals surface area contributed by atoms with Crippen molar-refractivity contribution < 1.29 is 18.0 Å². The van der Waals surface area contributed by atoms with Crippen molar-refractivity contribution >= 4 is 62.3 Å². The van der Waals surface area contributed by atoms with Crippen LogP contribution in [0.4, 0.5) is 5.69 Å². The summed E-state index contributed by atoms with van der Waals surface area (Å²) >= 11 is 18.6. The fraction of sp³-hybridized carbons (Fsp3) is 0.231. The third kappa shape index (κ3) is 7.61. The number of likely N-dealkylation sites (N-methyl/N-ethyl adjacent to an activating group) is 1. The first kappa shape index (κ1) is 28.8. The van der Waals surface area contributed by atoms with Gasteiger partial charge in [-0.25, -0.2) is 8.42 Å². The Labute approximate surface area is 232 Å². The molecule has 196 valence electrons. The lowest BCUT2D eigenvalue weighted by Gasteiger charge is -2.33. The molecule has 0 heterocycles. The van der Waals surface area contributed by atoms with E-state index in [-0.39, 0.29) is 28.7 Å². The van der Waals surface area contributed by atoms with Crippen LogP contribution in [0.5, 0.6) is 0 Å². The van der Waals surface area contributed by atoms with E-state index in [1.54, 1.807) is 30.3 Å². The van der Waals surface area contributed by atoms with Gasteiger partial charge in [-0.3, -0.25) is 13.9 Å². The predicted octanol–water partition coefficient (Wildman–Crippen LogP) is 4.80. The highest BCUT2D eigenvalue weighted by Gasteiger charge is 2.33. The zero-order valence-electron chi connectivity index (χ0n) is 20.2. The Morgan fingerprint density at radius 1 is 0.919 bits per heavy atom. The first-order valence-corrected chi connectivity index (χ1v) is 14.2. The molecular formula is C26H26Cl3N3O4S. The summed E-state index contributed by atoms with van der Waals surface area (Å²) in [5.74, 6) is -1.00. The van der Waals surface area contributed by atoms with Crippen LogP contribution in [0.15, 0.2) is 72.8 Å². The molecule has 3 aromatic rings. The maximum absolute atomic E-state index is 13.8. The van der Waals surface area contributed by atoms with Crippen LogP contribution >= 0.6 is 34.8 Å². The average Bonchev–Trinajstić information content (AvgIpc) is 2.86. The average molecular weight is 583 g/mol. The molecule has 0 spiro atoms. The third-order valence-corrected chi connectivity index (χ3v) is 7.81. The van der Waals surface area contributed by atoms with Crippen molar-refractivity contribution in [2.75, 3.05) is 24.2 Å². The Morgan fingerprint density at radius 3 is 2.19 bits per heavy atom. The summed E-state index contributed by atoms with van der Waals surface area (Å²) in [4.78, 5) is 28.3. The van der Waals surface area contributed by atoms with Gasteiger partial charge < -0.3 is 10.2 Å². The molecule has 2 amide bonds. The van der Waals surface area contributed by atoms with Crippen LogP contribution in [0, 0.1) is 0 Å². The number of nitrogens with one attached hydrogen (secondary N) is 1. The molecule has 3 rings (SSSR count). The van der Waals surface area contributed by atoms with E-state index in [4.69, 9.17) is 34.8 Å². The maximum Gasteiger partial charge on any atom is 0.244 e. The highest BCUT2D eigenvalue weighted by Crippen LogP contribution is 2.34. The first-order chi connectivity index (χ1) is 17.5. The molecule has 11 heteroatoms. The van der Waals surface area contributed by atoms with Crippen LogP contribution in [0.25, 0.3) is 0 Å². The number of halogens is 3. The van der Waals surface area contributed by atoms with Crippen LogP contribution in [-0.2, 0) is 32.6 Å². The smallest absolute Gasteiger partial charge is 0.244 e. The Balaban J connectivity index is 2.06. The van der Waals surface area contributed by atoms with Gasteiger partial charge in [0.15, 0.2) is 0 Å². The number of hydrogen-bond donors (Lipinski definition) is 1. The van der Waals surface area contributed by atoms with Crippen molar-refractivity contribution in [2.24, 2.45) is 0 Å². The van der Waals surface area contributed by atoms with Gasteiger partial charge in [0.1, 0.15) is 12.6 Å². The van der Waals surface area contributed by atoms with Gasteiger partial charge in [0.05, 0.1) is 22.0 Å². The largest absolute Gasteiger partial charge is 0.357 e. The van der Waals surface area contributed by atoms with Gasteiger partial charge >= 0.3 is 0 Å². The molecule has 0 aromatic heterocycles. The quantitative estimate of drug-likeness (QED) is 0.372. The Bertz CT molecular complexity index is 1370. The van der Waals surface area contributed by atoms with Gasteiger partial charge in [-0.2, -0.15) is 0 Å². The Morgan fingerprint density at radius 2 is 1.57 bits per heavy atom. The van der Waals surface area contributed by atoms with Gasteiger partial charge in [0, 0.05) is 25.0 Å². The number of carbonyl (C=O) groups excluding carboxylic acids is 2. The number of nitrogens with zero attached hydrogens (tertiary/aromatic N) is 2. The fourth-order valence-electron chi connectivity index (χ4n) is 3.83. The zero-order valence-corrected chi connectivity index (χ0v) is 23.3. The summed E-state index contributed by atoms with van der Waals surface area (Å²) in [6, 6.07) is 19.7. The summed E-state index contributed by atoms with van der Waals surface area (Å²) in [7, 11) is -2.47. The number of anilines is 1. The minimum Gasteiger partial charge on any atom is -0.357 e. The molecule has 0 aliphatic heterocycles. The van der Waals surface area contributed by atoms with E-state index in [1.165, 1.54) is 24.1 Å². The lowest BCUT2D eigenvalue weighted by atomic mass is 10.0. The molecule has 0 saturated heterocycles. The van der Waals surface area contributed by atoms with Crippen molar-refractivity contribution in [1.29, 1.82) is 0 Å². The lowest BCUT2D eigenvalue weighted by molar-refractivity contribution is -0.139. The summed E-state index contributed by atoms with van der Waals surface area (Å²) in [5.41, 5.74) is 1.57. The fourth-order valence-corrected chi connectivity index (χ4v) is 5.35. The molecule has 0 aliphatic carbocycles. The number of rotatable bonds is 10. The zero-order chi connectivity index (χ0) is 27.2. The standard InChI is InChI=1S/C26H26Cl3N3O4S/c1-30-26(34)23(15-18-8-4-3-5-9-18)31(16-19-10-6-11-20(27)14-19)24(33)17-32(37(2,35)36)22-13-7-12-21(28)25(22)29/h3-14,23H,15-17H2,1-2H3,(H,30,34)/t23-/m0/s1. The molecule has 1 atom stereocenters. The van der Waals surface area contributed by atoms with Crippen LogP contribution in [-0.4, -0.2) is 51.0 Å². The number of benzene rings is 3. The van der Waals surface area contributed by atoms with Crippen molar-refractivity contribution in [3.05, 3.63) is 99.0 Å². The number of amides is 2. The molecule has 0 bridgehead atoms. The second kappa shape index (κ2) is 12.6. The van der Waals surface area contributed by atoms with Crippen LogP contribution in [0.3, 0.4) is 0 Å². The molecule has 1 N–H and O–H groups in total. The maximum atomic E-state index is 13.8. The molecule has 7 nitrogen and oxygen atoms in total. The van der Waals surface area contributed by atoms with Gasteiger partial charge in [-0.15, -0.1) is 0 Å². The van der Waals surface area contributed by atoms with E-state index >= 15 is 0 Å². The van der Waals surface area contributed by atoms with Crippen molar-refractivity contribution in [2.45, 2.75) is 19.0 Å². The summed E-state index contributed by atoms with van der Waals surface area (Å²) in [6.07, 6.45) is 1.18. The van der Waals surface area contributed by atoms with E-state index in [0.717, 1.165) is 16.1 Å². The highest BCUT2D eigenvalue weighted by molar-refractivity contribution is 7.92. The van der Waals surface area contributed by atoms with E-state index in [2.05, 4.69) is 5.32 Å². The van der Waals surface area contributed by atoms with Gasteiger partial charge in [-0.1, -0.05) is 83.3 Å². The van der Waals surface area contributed by atoms with Gasteiger partial charge in [0.2, 0.25) is 21.8 Å². The SMILES string of the molecule is CNC(=O)[C@H](Cc1ccccc1)N(Cc1cccc(Cl)c1)C(=O)CN(c1cccc(Cl)c1Cl)S(C)(=O)=O. The van der Waals surface area contributed by atoms with E-state index in [1.807, 2.05) is 30.3 Å². The van der Waals surface area contributed by atoms with Crippen molar-refractivity contribution in [3.8, 4) is 0 Å². The second-order valence-electron chi connectivity index (χ2n) is 8.31. The molecular weight excluding hydrogens is 557 g/mol. The van der Waals surface area contributed by atoms with Gasteiger partial charge in [-0.05, 0) is 35.4 Å². The summed E-state index contributed by atoms with van der Waals surface area (Å²) in [6.45, 7) is -0.576. The topological polar surface area (TPSA) is 86.8 Å². The Kier molecular flexibility index (Phi) is 9.84. The molecule has 0 unspecified atom stereocenters. The predicted molar refractivity (Wildman–Crippen MR) is 149 cm³/mol. The first-order valence-electron chi connectivity index (χ1n) is 11.2. The number of hydrogen-bond acceptors (Lipinski definition) is 4. The minimum absolute atomic E-state index is 0.00378. The Hall–Kier alpha value is -2.78. The van der Waals surface area contributed by atoms with Crippen molar-refractivity contribution in [3.63, 3.8) is 0 Å². The van der Waals surface area contributed by atoms with Crippen LogP contribution < -0.4 is 9.62 Å². The molecule has 0 aliphatic rings. The van der Waals surface area contributed by atoms with Crippen molar-refractivity contribution in [1.82, 2.24) is 10.2 Å². The number of carbonyl (C=O) groups is 2. The van der Waals surface area contributed by atoms with Crippen LogP contribution in [0.1, 0.15) is 11.1 Å². The van der Waals surface area contributed by atoms with E-state index < -0.39 is 34.4 Å². The number of sulfonamides is 1. The molecule has 0 saturated carbocycles. The van der Waals surface area contributed by atoms with E-state index in [9.17, 15) is 18.0 Å². The van der Waals surface area contributed by atoms with E-state index in [0.29, 0.717) is 10.6 Å². The minimum atomic E-state index is -3.95. The summed E-state index contributed by atoms with van der Waals surface area (Å²) in [5, 5.41) is 3.22. The monoisotopic (exact) mass is 581 g/mol. The highest BCUT2D eigenvalue weighted by atomic mass is 35.5. The van der Waals surface area contributed by atoms with Crippen LogP contribution in [0.2, 0.25) is 15.1 Å². The molecule has 3 aromatic carbocycles. The molecule has 37 heavy (non-hydrogen) atoms. The lowest BCUT2D eigenvalue weighted by Crippen LogP contribution is -2.52. The molecule has 0 fully saturated rings. The second-order valence-corrected chi connectivity index (χ2v) is 11.4. The van der Waals surface area contributed by atoms with Gasteiger partial charge in [0.25, 0.3) is 0 Å². The normalized spacial score (nSPS) is 12.0. The molecule has 0 radical (unpaired) electrons. The summed E-state index contributed by atoms with van der Waals surface area (Å²) < 4.78 is 26.4. The third-order valence-electron chi connectivity index (χ3n) is 5.64.